The lowest BCUT2D eigenvalue weighted by Gasteiger charge is -2.01. The summed E-state index contributed by atoms with van der Waals surface area (Å²) in [5.41, 5.74) is 4.34. The molecule has 0 fully saturated rings. The van der Waals surface area contributed by atoms with Gasteiger partial charge in [0.15, 0.2) is 0 Å². The number of phenolic OH excluding ortho intramolecular Hbond substituents is 1. The number of nitrogens with zero attached hydrogens (tertiary/aromatic N) is 2. The van der Waals surface area contributed by atoms with Gasteiger partial charge in [-0.25, -0.2) is 9.78 Å². The molecule has 9 heteroatoms. The summed E-state index contributed by atoms with van der Waals surface area (Å²) in [6.07, 6.45) is 1.06. The number of aromatic nitrogens is 1. The van der Waals surface area contributed by atoms with Gasteiger partial charge in [-0.05, 0) is 41.3 Å². The normalized spacial score (nSPS) is 10.8. The smallest absolute Gasteiger partial charge is 0.412 e. The minimum Gasteiger partial charge on any atom is -0.508 e. The van der Waals surface area contributed by atoms with Crippen molar-refractivity contribution in [2.24, 2.45) is 5.10 Å². The van der Waals surface area contributed by atoms with Gasteiger partial charge in [-0.1, -0.05) is 17.4 Å². The minimum absolute atomic E-state index is 0.198. The van der Waals surface area contributed by atoms with E-state index in [1.165, 1.54) is 29.8 Å². The Morgan fingerprint density at radius 1 is 1.32 bits per heavy atom. The Hall–Kier alpha value is -2.91. The third-order valence-corrected chi connectivity index (χ3v) is 4.80. The number of carbonyl (C=O) groups is 1. The minimum atomic E-state index is -0.555. The van der Waals surface area contributed by atoms with Gasteiger partial charge in [0, 0.05) is 0 Å². The van der Waals surface area contributed by atoms with Gasteiger partial charge in [0.05, 0.1) is 18.2 Å². The predicted octanol–water partition coefficient (Wildman–Crippen LogP) is 4.20. The van der Waals surface area contributed by atoms with Crippen LogP contribution in [0.2, 0.25) is 0 Å². The molecular weight excluding hydrogens is 360 g/mol. The number of aromatic hydroxyl groups is 1. The Balaban J connectivity index is 1.78. The lowest BCUT2D eigenvalue weighted by atomic mass is 10.2. The van der Waals surface area contributed by atoms with E-state index >= 15 is 0 Å². The fourth-order valence-electron chi connectivity index (χ4n) is 1.90. The topological polar surface area (TPSA) is 95.8 Å². The molecule has 7 nitrogen and oxygen atoms in total. The highest BCUT2D eigenvalue weighted by atomic mass is 32.1. The number of amides is 1. The van der Waals surface area contributed by atoms with Crippen LogP contribution >= 0.6 is 22.7 Å². The molecule has 0 bridgehead atoms. The molecule has 0 aliphatic rings. The number of nitrogens with one attached hydrogen (secondary N) is 2. The molecule has 128 valence electrons. The molecule has 0 atom stereocenters. The highest BCUT2D eigenvalue weighted by Crippen LogP contribution is 2.38. The fourth-order valence-corrected chi connectivity index (χ4v) is 3.50. The highest BCUT2D eigenvalue weighted by Gasteiger charge is 2.16. The van der Waals surface area contributed by atoms with E-state index in [0.717, 1.165) is 10.4 Å². The van der Waals surface area contributed by atoms with Gasteiger partial charge in [-0.3, -0.25) is 10.7 Å². The molecule has 0 aliphatic carbocycles. The molecular formula is C16H14N4O3S2. The van der Waals surface area contributed by atoms with Crippen molar-refractivity contribution in [2.45, 2.75) is 0 Å². The van der Waals surface area contributed by atoms with E-state index in [1.807, 2.05) is 17.5 Å². The van der Waals surface area contributed by atoms with Gasteiger partial charge in [0.25, 0.3) is 0 Å². The lowest BCUT2D eigenvalue weighted by molar-refractivity contribution is 0.187. The number of anilines is 2. The SMILES string of the molecule is COC(=O)Nc1sc(N/N=C/c2ccc(O)cc2)nc1-c1cccs1. The van der Waals surface area contributed by atoms with Crippen molar-refractivity contribution in [1.82, 2.24) is 4.98 Å². The molecule has 0 radical (unpaired) electrons. The number of thiophene rings is 1. The number of carbonyl (C=O) groups excluding carboxylic acids is 1. The molecule has 2 aromatic heterocycles. The van der Waals surface area contributed by atoms with Crippen LogP contribution in [0.4, 0.5) is 14.9 Å². The quantitative estimate of drug-likeness (QED) is 0.459. The summed E-state index contributed by atoms with van der Waals surface area (Å²) in [6, 6.07) is 10.5. The Bertz CT molecular complexity index is 873. The van der Waals surface area contributed by atoms with E-state index in [2.05, 4.69) is 25.6 Å². The number of ether oxygens (including phenoxy) is 1. The third-order valence-electron chi connectivity index (χ3n) is 3.05. The van der Waals surface area contributed by atoms with Crippen LogP contribution in [0.3, 0.4) is 0 Å². The van der Waals surface area contributed by atoms with Crippen LogP contribution in [0, 0.1) is 0 Å². The fraction of sp³-hybridized carbons (Fsp3) is 0.0625. The number of methoxy groups -OCH3 is 1. The Morgan fingerprint density at radius 3 is 2.80 bits per heavy atom. The maximum atomic E-state index is 11.5. The molecule has 3 rings (SSSR count). The standard InChI is InChI=1S/C16H14N4O3S2/c1-23-16(22)19-14-13(12-3-2-8-24-12)18-15(25-14)20-17-9-10-4-6-11(21)7-5-10/h2-9,21H,1H3,(H,18,20)(H,19,22)/b17-9+. The highest BCUT2D eigenvalue weighted by molar-refractivity contribution is 7.21. The molecule has 0 saturated heterocycles. The van der Waals surface area contributed by atoms with Crippen molar-refractivity contribution >= 4 is 45.1 Å². The molecule has 0 saturated carbocycles. The molecule has 3 aromatic rings. The zero-order chi connectivity index (χ0) is 17.6. The second-order valence-corrected chi connectivity index (χ2v) is 6.70. The lowest BCUT2D eigenvalue weighted by Crippen LogP contribution is -2.10. The summed E-state index contributed by atoms with van der Waals surface area (Å²) in [5.74, 6) is 0.198. The summed E-state index contributed by atoms with van der Waals surface area (Å²) in [6.45, 7) is 0. The zero-order valence-corrected chi connectivity index (χ0v) is 14.7. The summed E-state index contributed by atoms with van der Waals surface area (Å²) < 4.78 is 4.65. The van der Waals surface area contributed by atoms with Gasteiger partial charge in [0.2, 0.25) is 5.13 Å². The number of hydrogen-bond acceptors (Lipinski definition) is 8. The maximum absolute atomic E-state index is 11.5. The first-order chi connectivity index (χ1) is 12.2. The Morgan fingerprint density at radius 2 is 2.12 bits per heavy atom. The van der Waals surface area contributed by atoms with Crippen LogP contribution in [-0.4, -0.2) is 29.5 Å². The summed E-state index contributed by atoms with van der Waals surface area (Å²) in [5, 5.41) is 19.1. The second kappa shape index (κ2) is 7.77. The Labute approximate surface area is 151 Å². The summed E-state index contributed by atoms with van der Waals surface area (Å²) in [4.78, 5) is 16.9. The third kappa shape index (κ3) is 4.34. The summed E-state index contributed by atoms with van der Waals surface area (Å²) in [7, 11) is 1.31. The van der Waals surface area contributed by atoms with E-state index in [9.17, 15) is 9.90 Å². The first-order valence-corrected chi connectivity index (χ1v) is 8.83. The van der Waals surface area contributed by atoms with Gasteiger partial charge in [0.1, 0.15) is 16.4 Å². The number of rotatable bonds is 5. The monoisotopic (exact) mass is 374 g/mol. The molecule has 1 amide bonds. The van der Waals surface area contributed by atoms with Crippen LogP contribution in [0.15, 0.2) is 46.9 Å². The van der Waals surface area contributed by atoms with E-state index in [-0.39, 0.29) is 5.75 Å². The zero-order valence-electron chi connectivity index (χ0n) is 13.1. The predicted molar refractivity (Wildman–Crippen MR) is 101 cm³/mol. The summed E-state index contributed by atoms with van der Waals surface area (Å²) >= 11 is 2.78. The van der Waals surface area contributed by atoms with Crippen molar-refractivity contribution in [2.75, 3.05) is 17.9 Å². The molecule has 0 spiro atoms. The van der Waals surface area contributed by atoms with Crippen LogP contribution in [-0.2, 0) is 4.74 Å². The van der Waals surface area contributed by atoms with Crippen LogP contribution in [0.5, 0.6) is 5.75 Å². The largest absolute Gasteiger partial charge is 0.508 e. The molecule has 0 unspecified atom stereocenters. The van der Waals surface area contributed by atoms with Gasteiger partial charge < -0.3 is 9.84 Å². The van der Waals surface area contributed by atoms with Gasteiger partial charge in [-0.2, -0.15) is 5.10 Å². The number of thiazole rings is 1. The van der Waals surface area contributed by atoms with Crippen molar-refractivity contribution in [3.8, 4) is 16.3 Å². The Kier molecular flexibility index (Phi) is 5.26. The molecule has 2 heterocycles. The van der Waals surface area contributed by atoms with Gasteiger partial charge in [-0.15, -0.1) is 11.3 Å². The average molecular weight is 374 g/mol. The van der Waals surface area contributed by atoms with Crippen LogP contribution in [0.1, 0.15) is 5.56 Å². The molecule has 0 aliphatic heterocycles. The van der Waals surface area contributed by atoms with Crippen molar-refractivity contribution < 1.29 is 14.6 Å². The van der Waals surface area contributed by atoms with E-state index in [4.69, 9.17) is 0 Å². The second-order valence-electron chi connectivity index (χ2n) is 4.75. The van der Waals surface area contributed by atoms with E-state index in [1.54, 1.807) is 30.5 Å². The number of benzene rings is 1. The molecule has 1 aromatic carbocycles. The number of phenols is 1. The van der Waals surface area contributed by atoms with Crippen LogP contribution < -0.4 is 10.7 Å². The van der Waals surface area contributed by atoms with E-state index in [0.29, 0.717) is 15.8 Å². The van der Waals surface area contributed by atoms with Crippen molar-refractivity contribution in [3.05, 3.63) is 47.3 Å². The molecule has 3 N–H and O–H groups in total. The number of hydrogen-bond donors (Lipinski definition) is 3. The van der Waals surface area contributed by atoms with Crippen molar-refractivity contribution in [3.63, 3.8) is 0 Å². The number of hydrazone groups is 1. The first-order valence-electron chi connectivity index (χ1n) is 7.13. The average Bonchev–Trinajstić information content (AvgIpc) is 3.26. The van der Waals surface area contributed by atoms with Crippen molar-refractivity contribution in [1.29, 1.82) is 0 Å². The van der Waals surface area contributed by atoms with Crippen LogP contribution in [0.25, 0.3) is 10.6 Å². The van der Waals surface area contributed by atoms with E-state index < -0.39 is 6.09 Å². The van der Waals surface area contributed by atoms with Gasteiger partial charge >= 0.3 is 6.09 Å². The first kappa shape index (κ1) is 16.9. The maximum Gasteiger partial charge on any atom is 0.412 e. The molecule has 25 heavy (non-hydrogen) atoms.